The Bertz CT molecular complexity index is 1030. The second-order valence-electron chi connectivity index (χ2n) is 6.90. The molecule has 29 heavy (non-hydrogen) atoms. The highest BCUT2D eigenvalue weighted by Gasteiger charge is 2.34. The van der Waals surface area contributed by atoms with E-state index < -0.39 is 6.17 Å². The molecule has 148 valence electrons. The molecule has 6 heteroatoms. The van der Waals surface area contributed by atoms with Gasteiger partial charge in [0.15, 0.2) is 11.5 Å². The first-order valence-corrected chi connectivity index (χ1v) is 9.39. The molecule has 0 unspecified atom stereocenters. The highest BCUT2D eigenvalue weighted by atomic mass is 16.5. The average Bonchev–Trinajstić information content (AvgIpc) is 2.75. The van der Waals surface area contributed by atoms with Crippen LogP contribution in [0.5, 0.6) is 17.2 Å². The van der Waals surface area contributed by atoms with E-state index in [0.717, 1.165) is 11.3 Å². The Hall–Kier alpha value is -3.67. The Labute approximate surface area is 169 Å². The summed E-state index contributed by atoms with van der Waals surface area (Å²) in [6.45, 7) is 0.437. The van der Waals surface area contributed by atoms with Gasteiger partial charge < -0.3 is 25.2 Å². The van der Waals surface area contributed by atoms with Gasteiger partial charge >= 0.3 is 0 Å². The summed E-state index contributed by atoms with van der Waals surface area (Å²) in [5.74, 6) is 0.207. The number of hydrogen-bond acceptors (Lipinski definition) is 5. The second kappa shape index (κ2) is 7.75. The summed E-state index contributed by atoms with van der Waals surface area (Å²) in [4.78, 5) is 14.9. The number of phenolic OH excluding ortho intramolecular Hbond substituents is 2. The fourth-order valence-corrected chi connectivity index (χ4v) is 3.58. The summed E-state index contributed by atoms with van der Waals surface area (Å²) in [6, 6.07) is 19.8. The number of methoxy groups -OCH3 is 1. The molecule has 0 fully saturated rings. The molecule has 0 aliphatic carbocycles. The molecule has 3 aromatic rings. The van der Waals surface area contributed by atoms with Crippen LogP contribution in [0.1, 0.15) is 27.7 Å². The molecule has 0 radical (unpaired) electrons. The molecule has 1 amide bonds. The van der Waals surface area contributed by atoms with Gasteiger partial charge in [0.05, 0.1) is 12.7 Å². The van der Waals surface area contributed by atoms with Crippen molar-refractivity contribution < 1.29 is 19.7 Å². The molecule has 1 heterocycles. The third-order valence-electron chi connectivity index (χ3n) is 5.16. The quantitative estimate of drug-likeness (QED) is 0.576. The van der Waals surface area contributed by atoms with E-state index in [1.807, 2.05) is 42.5 Å². The third kappa shape index (κ3) is 3.57. The van der Waals surface area contributed by atoms with E-state index in [4.69, 9.17) is 4.74 Å². The summed E-state index contributed by atoms with van der Waals surface area (Å²) in [5, 5.41) is 23.7. The fourth-order valence-electron chi connectivity index (χ4n) is 3.58. The lowest BCUT2D eigenvalue weighted by Gasteiger charge is -2.38. The lowest BCUT2D eigenvalue weighted by Crippen LogP contribution is -2.44. The predicted molar refractivity (Wildman–Crippen MR) is 110 cm³/mol. The molecule has 0 bridgehead atoms. The number of fused-ring (bicyclic) bond motifs is 1. The largest absolute Gasteiger partial charge is 0.504 e. The van der Waals surface area contributed by atoms with Gasteiger partial charge in [-0.3, -0.25) is 4.79 Å². The number of benzene rings is 3. The van der Waals surface area contributed by atoms with Crippen molar-refractivity contribution in [1.82, 2.24) is 4.90 Å². The summed E-state index contributed by atoms with van der Waals surface area (Å²) < 4.78 is 5.19. The van der Waals surface area contributed by atoms with Crippen molar-refractivity contribution in [3.05, 3.63) is 83.4 Å². The Morgan fingerprint density at radius 1 is 1.00 bits per heavy atom. The highest BCUT2D eigenvalue weighted by molar-refractivity contribution is 6.01. The lowest BCUT2D eigenvalue weighted by molar-refractivity contribution is 0.0683. The topological polar surface area (TPSA) is 82.0 Å². The Morgan fingerprint density at radius 3 is 2.52 bits per heavy atom. The highest BCUT2D eigenvalue weighted by Crippen LogP contribution is 2.39. The Morgan fingerprint density at radius 2 is 1.76 bits per heavy atom. The van der Waals surface area contributed by atoms with E-state index in [9.17, 15) is 15.0 Å². The van der Waals surface area contributed by atoms with Gasteiger partial charge in [-0.25, -0.2) is 0 Å². The van der Waals surface area contributed by atoms with E-state index in [1.165, 1.54) is 6.07 Å². The van der Waals surface area contributed by atoms with Crippen molar-refractivity contribution in [3.8, 4) is 17.2 Å². The monoisotopic (exact) mass is 390 g/mol. The number of rotatable bonds is 5. The molecular weight excluding hydrogens is 368 g/mol. The van der Waals surface area contributed by atoms with Crippen LogP contribution in [0.4, 0.5) is 5.69 Å². The van der Waals surface area contributed by atoms with Crippen molar-refractivity contribution in [1.29, 1.82) is 0 Å². The zero-order valence-corrected chi connectivity index (χ0v) is 16.0. The van der Waals surface area contributed by atoms with Crippen LogP contribution in [0, 0.1) is 0 Å². The maximum Gasteiger partial charge on any atom is 0.257 e. The number of anilines is 1. The molecule has 0 saturated heterocycles. The summed E-state index contributed by atoms with van der Waals surface area (Å²) in [5.41, 5.74) is 2.79. The number of carbonyl (C=O) groups excluding carboxylic acids is 1. The lowest BCUT2D eigenvalue weighted by atomic mass is 10.0. The first-order valence-electron chi connectivity index (χ1n) is 9.39. The molecule has 1 aliphatic heterocycles. The molecule has 4 rings (SSSR count). The van der Waals surface area contributed by atoms with Gasteiger partial charge in [-0.05, 0) is 42.3 Å². The normalized spacial score (nSPS) is 15.6. The molecule has 0 aromatic heterocycles. The molecular formula is C23H22N2O4. The molecule has 0 saturated carbocycles. The maximum absolute atomic E-state index is 13.2. The minimum Gasteiger partial charge on any atom is -0.504 e. The number of ether oxygens (including phenoxy) is 1. The van der Waals surface area contributed by atoms with Crippen molar-refractivity contribution in [3.63, 3.8) is 0 Å². The second-order valence-corrected chi connectivity index (χ2v) is 6.90. The zero-order valence-electron chi connectivity index (χ0n) is 16.0. The first-order chi connectivity index (χ1) is 14.1. The standard InChI is InChI=1S/C23H22N2O4/c1-29-16-11-9-15(10-12-16)13-14-25-22(18-6-4-8-20(26)21(18)27)24-19-7-3-2-5-17(19)23(25)28/h2-12,22,24,26-27H,13-14H2,1H3/t22-/m0/s1. The Balaban J connectivity index is 1.67. The van der Waals surface area contributed by atoms with Crippen molar-refractivity contribution in [2.24, 2.45) is 0 Å². The van der Waals surface area contributed by atoms with Crippen LogP contribution in [0.25, 0.3) is 0 Å². The number of carbonyl (C=O) groups is 1. The van der Waals surface area contributed by atoms with Crippen LogP contribution >= 0.6 is 0 Å². The summed E-state index contributed by atoms with van der Waals surface area (Å²) in [6.07, 6.45) is 0.0399. The van der Waals surface area contributed by atoms with E-state index in [0.29, 0.717) is 29.8 Å². The van der Waals surface area contributed by atoms with Gasteiger partial charge in [-0.1, -0.05) is 36.4 Å². The average molecular weight is 390 g/mol. The van der Waals surface area contributed by atoms with Gasteiger partial charge in [-0.2, -0.15) is 0 Å². The van der Waals surface area contributed by atoms with Crippen molar-refractivity contribution in [2.45, 2.75) is 12.6 Å². The molecule has 3 N–H and O–H groups in total. The minimum absolute atomic E-state index is 0.124. The summed E-state index contributed by atoms with van der Waals surface area (Å²) in [7, 11) is 1.62. The fraction of sp³-hybridized carbons (Fsp3) is 0.174. The number of amides is 1. The number of nitrogens with zero attached hydrogens (tertiary/aromatic N) is 1. The summed E-state index contributed by atoms with van der Waals surface area (Å²) >= 11 is 0. The molecule has 1 aliphatic rings. The van der Waals surface area contributed by atoms with E-state index in [-0.39, 0.29) is 17.4 Å². The predicted octanol–water partition coefficient (Wildman–Crippen LogP) is 3.92. The van der Waals surface area contributed by atoms with Crippen LogP contribution < -0.4 is 10.1 Å². The van der Waals surface area contributed by atoms with E-state index in [1.54, 1.807) is 30.2 Å². The van der Waals surface area contributed by atoms with Crippen LogP contribution in [0.3, 0.4) is 0 Å². The minimum atomic E-state index is -0.595. The van der Waals surface area contributed by atoms with Crippen molar-refractivity contribution >= 4 is 11.6 Å². The van der Waals surface area contributed by atoms with Crippen LogP contribution in [0.15, 0.2) is 66.7 Å². The van der Waals surface area contributed by atoms with Crippen LogP contribution in [-0.2, 0) is 6.42 Å². The molecule has 1 atom stereocenters. The van der Waals surface area contributed by atoms with Crippen molar-refractivity contribution in [2.75, 3.05) is 19.0 Å². The van der Waals surface area contributed by atoms with Crippen LogP contribution in [-0.4, -0.2) is 34.7 Å². The van der Waals surface area contributed by atoms with E-state index >= 15 is 0 Å². The van der Waals surface area contributed by atoms with Gasteiger partial charge in [0.1, 0.15) is 11.9 Å². The number of para-hydroxylation sites is 2. The number of nitrogens with one attached hydrogen (secondary N) is 1. The number of hydrogen-bond donors (Lipinski definition) is 3. The SMILES string of the molecule is COc1ccc(CCN2C(=O)c3ccccc3N[C@@H]2c2cccc(O)c2O)cc1. The van der Waals surface area contributed by atoms with Crippen LogP contribution in [0.2, 0.25) is 0 Å². The smallest absolute Gasteiger partial charge is 0.257 e. The van der Waals surface area contributed by atoms with Gasteiger partial charge in [0, 0.05) is 17.8 Å². The first kappa shape index (κ1) is 18.7. The van der Waals surface area contributed by atoms with Gasteiger partial charge in [0.2, 0.25) is 0 Å². The third-order valence-corrected chi connectivity index (χ3v) is 5.16. The molecule has 0 spiro atoms. The maximum atomic E-state index is 13.2. The van der Waals surface area contributed by atoms with Gasteiger partial charge in [-0.15, -0.1) is 0 Å². The van der Waals surface area contributed by atoms with Gasteiger partial charge in [0.25, 0.3) is 5.91 Å². The number of phenols is 2. The molecule has 6 nitrogen and oxygen atoms in total. The Kier molecular flexibility index (Phi) is 4.99. The number of aromatic hydroxyl groups is 2. The zero-order chi connectivity index (χ0) is 20.4. The van der Waals surface area contributed by atoms with E-state index in [2.05, 4.69) is 5.32 Å². The molecule has 3 aromatic carbocycles.